The van der Waals surface area contributed by atoms with Crippen LogP contribution in [0.5, 0.6) is 0 Å². The molecule has 0 saturated carbocycles. The summed E-state index contributed by atoms with van der Waals surface area (Å²) in [5, 5.41) is 8.81. The van der Waals surface area contributed by atoms with Crippen LogP contribution >= 0.6 is 0 Å². The highest BCUT2D eigenvalue weighted by atomic mass is 19.4. The van der Waals surface area contributed by atoms with Gasteiger partial charge in [0.25, 0.3) is 0 Å². The lowest BCUT2D eigenvalue weighted by atomic mass is 10.0. The van der Waals surface area contributed by atoms with Crippen molar-refractivity contribution in [3.63, 3.8) is 0 Å². The standard InChI is InChI=1S/C13H8F6O2/c14-12(15,16)8-3-7(4-9(5-8)13(17,18)19)11-2-1-10(6-20)21-11/h1-5,20H,6H2. The van der Waals surface area contributed by atoms with Gasteiger partial charge in [0, 0.05) is 5.56 Å². The molecule has 0 fully saturated rings. The molecule has 2 aromatic rings. The second kappa shape index (κ2) is 5.10. The van der Waals surface area contributed by atoms with E-state index in [1.165, 1.54) is 12.1 Å². The number of alkyl halides is 6. The van der Waals surface area contributed by atoms with Crippen LogP contribution in [0, 0.1) is 0 Å². The lowest BCUT2D eigenvalue weighted by molar-refractivity contribution is -0.143. The van der Waals surface area contributed by atoms with Gasteiger partial charge in [0.15, 0.2) is 0 Å². The van der Waals surface area contributed by atoms with Gasteiger partial charge in [0.1, 0.15) is 18.1 Å². The summed E-state index contributed by atoms with van der Waals surface area (Å²) in [5.74, 6) is -0.147. The average molecular weight is 310 g/mol. The SMILES string of the molecule is OCc1ccc(-c2cc(C(F)(F)F)cc(C(F)(F)F)c2)o1. The van der Waals surface area contributed by atoms with E-state index in [-0.39, 0.29) is 23.2 Å². The number of halogens is 6. The Hall–Kier alpha value is -1.96. The summed E-state index contributed by atoms with van der Waals surface area (Å²) < 4.78 is 81.1. The van der Waals surface area contributed by atoms with Crippen molar-refractivity contribution in [2.45, 2.75) is 19.0 Å². The number of hydrogen-bond donors (Lipinski definition) is 1. The topological polar surface area (TPSA) is 33.4 Å². The number of hydrogen-bond acceptors (Lipinski definition) is 2. The summed E-state index contributed by atoms with van der Waals surface area (Å²) in [6.07, 6.45) is -9.83. The van der Waals surface area contributed by atoms with E-state index in [9.17, 15) is 26.3 Å². The minimum absolute atomic E-state index is 0.0379. The van der Waals surface area contributed by atoms with E-state index in [0.29, 0.717) is 12.1 Å². The van der Waals surface area contributed by atoms with Crippen LogP contribution in [0.15, 0.2) is 34.7 Å². The molecule has 2 nitrogen and oxygen atoms in total. The molecule has 21 heavy (non-hydrogen) atoms. The van der Waals surface area contributed by atoms with Gasteiger partial charge in [-0.2, -0.15) is 26.3 Å². The zero-order valence-electron chi connectivity index (χ0n) is 10.2. The smallest absolute Gasteiger partial charge is 0.416 e. The summed E-state index contributed by atoms with van der Waals surface area (Å²) in [4.78, 5) is 0. The van der Waals surface area contributed by atoms with Crippen LogP contribution in [0.1, 0.15) is 16.9 Å². The molecular weight excluding hydrogens is 302 g/mol. The van der Waals surface area contributed by atoms with E-state index in [1.54, 1.807) is 0 Å². The fraction of sp³-hybridized carbons (Fsp3) is 0.231. The molecule has 0 radical (unpaired) electrons. The Labute approximate surface area is 114 Å². The first-order chi connectivity index (χ1) is 9.61. The van der Waals surface area contributed by atoms with Crippen LogP contribution in [0.25, 0.3) is 11.3 Å². The lowest BCUT2D eigenvalue weighted by Crippen LogP contribution is -2.11. The Kier molecular flexibility index (Phi) is 3.75. The van der Waals surface area contributed by atoms with E-state index in [4.69, 9.17) is 9.52 Å². The van der Waals surface area contributed by atoms with E-state index >= 15 is 0 Å². The number of furan rings is 1. The third kappa shape index (κ3) is 3.38. The first-order valence-corrected chi connectivity index (χ1v) is 5.60. The Balaban J connectivity index is 2.60. The van der Waals surface area contributed by atoms with E-state index in [1.807, 2.05) is 0 Å². The van der Waals surface area contributed by atoms with Crippen molar-refractivity contribution in [1.82, 2.24) is 0 Å². The normalized spacial score (nSPS) is 12.7. The third-order valence-electron chi connectivity index (χ3n) is 2.69. The lowest BCUT2D eigenvalue weighted by Gasteiger charge is -2.13. The van der Waals surface area contributed by atoms with Crippen LogP contribution < -0.4 is 0 Å². The number of benzene rings is 1. The van der Waals surface area contributed by atoms with Crippen LogP contribution in [-0.4, -0.2) is 5.11 Å². The number of aliphatic hydroxyl groups is 1. The maximum atomic E-state index is 12.7. The highest BCUT2D eigenvalue weighted by Gasteiger charge is 2.37. The van der Waals surface area contributed by atoms with Crippen LogP contribution in [0.3, 0.4) is 0 Å². The second-order valence-electron chi connectivity index (χ2n) is 4.22. The zero-order valence-corrected chi connectivity index (χ0v) is 10.2. The molecule has 0 atom stereocenters. The molecule has 8 heteroatoms. The van der Waals surface area contributed by atoms with Crippen LogP contribution in [-0.2, 0) is 19.0 Å². The molecular formula is C13H8F6O2. The molecule has 0 aliphatic rings. The minimum Gasteiger partial charge on any atom is -0.459 e. The van der Waals surface area contributed by atoms with Crippen LogP contribution in [0.4, 0.5) is 26.3 Å². The van der Waals surface area contributed by atoms with Crippen molar-refractivity contribution >= 4 is 0 Å². The van der Waals surface area contributed by atoms with Crippen molar-refractivity contribution in [1.29, 1.82) is 0 Å². The fourth-order valence-electron chi connectivity index (χ4n) is 1.72. The van der Waals surface area contributed by atoms with Gasteiger partial charge in [0.05, 0.1) is 11.1 Å². The number of rotatable bonds is 2. The highest BCUT2D eigenvalue weighted by molar-refractivity contribution is 5.60. The first kappa shape index (κ1) is 15.4. The molecule has 1 heterocycles. The predicted octanol–water partition coefficient (Wildman–Crippen LogP) is 4.48. The van der Waals surface area contributed by atoms with Crippen molar-refractivity contribution in [3.8, 4) is 11.3 Å². The van der Waals surface area contributed by atoms with Crippen molar-refractivity contribution in [3.05, 3.63) is 47.2 Å². The van der Waals surface area contributed by atoms with Gasteiger partial charge in [-0.3, -0.25) is 0 Å². The summed E-state index contributed by atoms with van der Waals surface area (Å²) >= 11 is 0. The summed E-state index contributed by atoms with van der Waals surface area (Å²) in [7, 11) is 0. The van der Waals surface area contributed by atoms with E-state index in [2.05, 4.69) is 0 Å². The van der Waals surface area contributed by atoms with Gasteiger partial charge in [-0.1, -0.05) is 0 Å². The Morgan fingerprint density at radius 1 is 0.857 bits per heavy atom. The maximum Gasteiger partial charge on any atom is 0.416 e. The van der Waals surface area contributed by atoms with Crippen molar-refractivity contribution in [2.24, 2.45) is 0 Å². The monoisotopic (exact) mass is 310 g/mol. The van der Waals surface area contributed by atoms with Crippen molar-refractivity contribution in [2.75, 3.05) is 0 Å². The molecule has 0 unspecified atom stereocenters. The molecule has 0 saturated heterocycles. The van der Waals surface area contributed by atoms with Crippen molar-refractivity contribution < 1.29 is 35.9 Å². The second-order valence-corrected chi connectivity index (χ2v) is 4.22. The Bertz CT molecular complexity index is 607. The highest BCUT2D eigenvalue weighted by Crippen LogP contribution is 2.38. The number of aliphatic hydroxyl groups excluding tert-OH is 1. The molecule has 0 spiro atoms. The Morgan fingerprint density at radius 3 is 1.76 bits per heavy atom. The molecule has 0 aliphatic carbocycles. The Morgan fingerprint density at radius 2 is 1.38 bits per heavy atom. The molecule has 0 aliphatic heterocycles. The van der Waals surface area contributed by atoms with Gasteiger partial charge in [-0.15, -0.1) is 0 Å². The molecule has 1 aromatic carbocycles. The average Bonchev–Trinajstić information content (AvgIpc) is 2.85. The van der Waals surface area contributed by atoms with Gasteiger partial charge in [-0.05, 0) is 30.3 Å². The van der Waals surface area contributed by atoms with Gasteiger partial charge in [-0.25, -0.2) is 0 Å². The summed E-state index contributed by atoms with van der Waals surface area (Å²) in [6, 6.07) is 3.63. The molecule has 114 valence electrons. The fourth-order valence-corrected chi connectivity index (χ4v) is 1.72. The maximum absolute atomic E-state index is 12.7. The largest absolute Gasteiger partial charge is 0.459 e. The minimum atomic E-state index is -4.91. The molecule has 1 aromatic heterocycles. The predicted molar refractivity (Wildman–Crippen MR) is 60.1 cm³/mol. The summed E-state index contributed by atoms with van der Waals surface area (Å²) in [5.41, 5.74) is -3.21. The molecule has 0 amide bonds. The van der Waals surface area contributed by atoms with Gasteiger partial charge < -0.3 is 9.52 Å². The third-order valence-corrected chi connectivity index (χ3v) is 2.69. The first-order valence-electron chi connectivity index (χ1n) is 5.60. The molecule has 2 rings (SSSR count). The zero-order chi connectivity index (χ0) is 15.8. The van der Waals surface area contributed by atoms with E-state index < -0.39 is 30.1 Å². The molecule has 1 N–H and O–H groups in total. The van der Waals surface area contributed by atoms with Gasteiger partial charge >= 0.3 is 12.4 Å². The van der Waals surface area contributed by atoms with Crippen LogP contribution in [0.2, 0.25) is 0 Å². The molecule has 0 bridgehead atoms. The van der Waals surface area contributed by atoms with E-state index in [0.717, 1.165) is 0 Å². The quantitative estimate of drug-likeness (QED) is 0.830. The van der Waals surface area contributed by atoms with Gasteiger partial charge in [0.2, 0.25) is 0 Å². The summed E-state index contributed by atoms with van der Waals surface area (Å²) in [6.45, 7) is -0.509.